The molecule has 2 atom stereocenters. The average molecular weight is 283 g/mol. The lowest BCUT2D eigenvalue weighted by Crippen LogP contribution is -2.36. The molecular formula is C17H21N3O. The third-order valence-electron chi connectivity index (χ3n) is 4.01. The van der Waals surface area contributed by atoms with Gasteiger partial charge in [0.25, 0.3) is 0 Å². The molecule has 0 bridgehead atoms. The van der Waals surface area contributed by atoms with E-state index in [4.69, 9.17) is 4.74 Å². The van der Waals surface area contributed by atoms with Gasteiger partial charge in [0.2, 0.25) is 0 Å². The van der Waals surface area contributed by atoms with Crippen LogP contribution in [0.3, 0.4) is 0 Å². The summed E-state index contributed by atoms with van der Waals surface area (Å²) in [4.78, 5) is 0. The number of rotatable bonds is 5. The first kappa shape index (κ1) is 13.9. The second-order valence-corrected chi connectivity index (χ2v) is 5.53. The van der Waals surface area contributed by atoms with Gasteiger partial charge in [0.1, 0.15) is 12.4 Å². The molecule has 0 amide bonds. The lowest BCUT2D eigenvalue weighted by Gasteiger charge is -2.24. The molecule has 0 saturated heterocycles. The topological polar surface area (TPSA) is 39.1 Å². The molecule has 4 nitrogen and oxygen atoms in total. The van der Waals surface area contributed by atoms with Crippen molar-refractivity contribution >= 4 is 6.08 Å². The van der Waals surface area contributed by atoms with Crippen molar-refractivity contribution < 1.29 is 4.74 Å². The molecule has 21 heavy (non-hydrogen) atoms. The summed E-state index contributed by atoms with van der Waals surface area (Å²) in [6.45, 7) is 5.85. The molecule has 0 saturated carbocycles. The van der Waals surface area contributed by atoms with Gasteiger partial charge in [0.05, 0.1) is 6.04 Å². The van der Waals surface area contributed by atoms with E-state index < -0.39 is 0 Å². The van der Waals surface area contributed by atoms with Crippen LogP contribution in [0.4, 0.5) is 0 Å². The van der Waals surface area contributed by atoms with Crippen LogP contribution in [0.15, 0.2) is 48.3 Å². The highest BCUT2D eigenvalue weighted by Crippen LogP contribution is 2.25. The number of hydrogen-bond donors (Lipinski definition) is 1. The minimum atomic E-state index is 0.317. The molecule has 1 aromatic carbocycles. The Bertz CT molecular complexity index is 619. The minimum Gasteiger partial charge on any atom is -0.489 e. The van der Waals surface area contributed by atoms with Gasteiger partial charge in [0.15, 0.2) is 0 Å². The van der Waals surface area contributed by atoms with Crippen LogP contribution < -0.4 is 10.1 Å². The molecule has 2 heterocycles. The zero-order valence-corrected chi connectivity index (χ0v) is 12.5. The van der Waals surface area contributed by atoms with Gasteiger partial charge in [-0.25, -0.2) is 0 Å². The molecule has 2 aromatic rings. The van der Waals surface area contributed by atoms with Crippen molar-refractivity contribution in [2.75, 3.05) is 13.2 Å². The molecule has 110 valence electrons. The van der Waals surface area contributed by atoms with Gasteiger partial charge in [-0.05, 0) is 37.6 Å². The summed E-state index contributed by atoms with van der Waals surface area (Å²) in [5, 5.41) is 7.86. The van der Waals surface area contributed by atoms with Crippen molar-refractivity contribution in [3.63, 3.8) is 0 Å². The summed E-state index contributed by atoms with van der Waals surface area (Å²) in [6.07, 6.45) is 6.04. The van der Waals surface area contributed by atoms with Crippen LogP contribution in [0, 0.1) is 0 Å². The van der Waals surface area contributed by atoms with Gasteiger partial charge in [-0.2, -0.15) is 5.10 Å². The predicted octanol–water partition coefficient (Wildman–Crippen LogP) is 2.90. The minimum absolute atomic E-state index is 0.317. The van der Waals surface area contributed by atoms with Crippen molar-refractivity contribution in [3.05, 3.63) is 53.9 Å². The molecule has 1 aliphatic rings. The Morgan fingerprint density at radius 1 is 1.29 bits per heavy atom. The van der Waals surface area contributed by atoms with E-state index in [1.165, 1.54) is 5.57 Å². The lowest BCUT2D eigenvalue weighted by atomic mass is 10.1. The van der Waals surface area contributed by atoms with Crippen LogP contribution in [0.1, 0.15) is 25.5 Å². The van der Waals surface area contributed by atoms with Crippen molar-refractivity contribution in [1.29, 1.82) is 0 Å². The van der Waals surface area contributed by atoms with Crippen molar-refractivity contribution in [2.24, 2.45) is 0 Å². The third kappa shape index (κ3) is 3.16. The number of fused-ring (bicyclic) bond motifs is 1. The molecule has 0 aliphatic carbocycles. The fraction of sp³-hybridized carbons (Fsp3) is 0.353. The highest BCUT2D eigenvalue weighted by molar-refractivity contribution is 5.62. The summed E-state index contributed by atoms with van der Waals surface area (Å²) in [7, 11) is 0. The number of aromatic nitrogens is 2. The number of nitrogens with zero attached hydrogens (tertiary/aromatic N) is 2. The zero-order valence-electron chi connectivity index (χ0n) is 12.5. The Hall–Kier alpha value is -2.07. The van der Waals surface area contributed by atoms with E-state index in [1.807, 2.05) is 41.3 Å². The predicted molar refractivity (Wildman–Crippen MR) is 84.3 cm³/mol. The standard InChI is InChI=1S/C17H21N3O/c1-13(14(2)20-9-5-8-19-20)18-11-15-10-16-6-3-4-7-17(16)21-12-15/h3-10,13-14,18H,11-12H2,1-2H3/t13-,14-/m1/s1. The van der Waals surface area contributed by atoms with Gasteiger partial charge in [-0.15, -0.1) is 0 Å². The fourth-order valence-electron chi connectivity index (χ4n) is 2.48. The largest absolute Gasteiger partial charge is 0.489 e. The summed E-state index contributed by atoms with van der Waals surface area (Å²) < 4.78 is 7.76. The first-order valence-corrected chi connectivity index (χ1v) is 7.38. The van der Waals surface area contributed by atoms with E-state index in [0.29, 0.717) is 18.7 Å². The van der Waals surface area contributed by atoms with Gasteiger partial charge in [-0.3, -0.25) is 4.68 Å². The lowest BCUT2D eigenvalue weighted by molar-refractivity contribution is 0.332. The van der Waals surface area contributed by atoms with Gasteiger partial charge in [0, 0.05) is 30.5 Å². The maximum atomic E-state index is 5.78. The number of hydrogen-bond acceptors (Lipinski definition) is 3. The smallest absolute Gasteiger partial charge is 0.127 e. The zero-order chi connectivity index (χ0) is 14.7. The number of benzene rings is 1. The molecule has 0 spiro atoms. The van der Waals surface area contributed by atoms with E-state index in [1.54, 1.807) is 0 Å². The Kier molecular flexibility index (Phi) is 4.06. The van der Waals surface area contributed by atoms with E-state index in [0.717, 1.165) is 17.9 Å². The van der Waals surface area contributed by atoms with E-state index in [2.05, 4.69) is 36.4 Å². The Morgan fingerprint density at radius 2 is 2.14 bits per heavy atom. The molecule has 0 radical (unpaired) electrons. The van der Waals surface area contributed by atoms with Crippen molar-refractivity contribution in [2.45, 2.75) is 25.9 Å². The SMILES string of the molecule is C[C@H]([C@@H](C)NCC1=Cc2ccccc2OC1)n1cccn1. The normalized spacial score (nSPS) is 16.6. The first-order valence-electron chi connectivity index (χ1n) is 7.38. The summed E-state index contributed by atoms with van der Waals surface area (Å²) in [5.41, 5.74) is 2.43. The number of para-hydroxylation sites is 1. The van der Waals surface area contributed by atoms with Crippen LogP contribution in [0.25, 0.3) is 6.08 Å². The van der Waals surface area contributed by atoms with Crippen molar-refractivity contribution in [3.8, 4) is 5.75 Å². The van der Waals surface area contributed by atoms with Gasteiger partial charge >= 0.3 is 0 Å². The molecular weight excluding hydrogens is 262 g/mol. The molecule has 0 fully saturated rings. The fourth-order valence-corrected chi connectivity index (χ4v) is 2.48. The second kappa shape index (κ2) is 6.14. The summed E-state index contributed by atoms with van der Waals surface area (Å²) >= 11 is 0. The molecule has 1 aromatic heterocycles. The molecule has 3 rings (SSSR count). The van der Waals surface area contributed by atoms with Crippen LogP contribution >= 0.6 is 0 Å². The van der Waals surface area contributed by atoms with E-state index in [-0.39, 0.29) is 0 Å². The second-order valence-electron chi connectivity index (χ2n) is 5.53. The van der Waals surface area contributed by atoms with Gasteiger partial charge in [-0.1, -0.05) is 18.2 Å². The average Bonchev–Trinajstić information content (AvgIpc) is 3.06. The number of nitrogens with one attached hydrogen (secondary N) is 1. The first-order chi connectivity index (χ1) is 10.2. The highest BCUT2D eigenvalue weighted by Gasteiger charge is 2.15. The van der Waals surface area contributed by atoms with Crippen molar-refractivity contribution in [1.82, 2.24) is 15.1 Å². The maximum absolute atomic E-state index is 5.78. The van der Waals surface area contributed by atoms with E-state index in [9.17, 15) is 0 Å². The van der Waals surface area contributed by atoms with E-state index >= 15 is 0 Å². The Balaban J connectivity index is 1.60. The summed E-state index contributed by atoms with van der Waals surface area (Å²) in [5.74, 6) is 0.971. The highest BCUT2D eigenvalue weighted by atomic mass is 16.5. The maximum Gasteiger partial charge on any atom is 0.127 e. The van der Waals surface area contributed by atoms with Gasteiger partial charge < -0.3 is 10.1 Å². The Morgan fingerprint density at radius 3 is 2.95 bits per heavy atom. The summed E-state index contributed by atoms with van der Waals surface area (Å²) in [6, 6.07) is 10.8. The van der Waals surface area contributed by atoms with Crippen LogP contribution in [0.5, 0.6) is 5.75 Å². The quantitative estimate of drug-likeness (QED) is 0.917. The number of ether oxygens (including phenoxy) is 1. The molecule has 1 aliphatic heterocycles. The third-order valence-corrected chi connectivity index (χ3v) is 4.01. The molecule has 4 heteroatoms. The Labute approximate surface area is 125 Å². The van der Waals surface area contributed by atoms with Crippen LogP contribution in [0.2, 0.25) is 0 Å². The monoisotopic (exact) mass is 283 g/mol. The molecule has 1 N–H and O–H groups in total. The van der Waals surface area contributed by atoms with Crippen LogP contribution in [-0.2, 0) is 0 Å². The van der Waals surface area contributed by atoms with Crippen LogP contribution in [-0.4, -0.2) is 29.0 Å². The molecule has 0 unspecified atom stereocenters.